The average molecular weight is 867 g/mol. The Bertz CT molecular complexity index is 2050. The number of halogens is 5. The number of hydrogen-bond acceptors (Lipinski definition) is 9. The fourth-order valence-corrected chi connectivity index (χ4v) is 10.5. The molecule has 18 heteroatoms. The lowest BCUT2D eigenvalue weighted by molar-refractivity contribution is -0.136. The van der Waals surface area contributed by atoms with Crippen molar-refractivity contribution in [3.63, 3.8) is 0 Å². The first-order valence-electron chi connectivity index (χ1n) is 19.9. The van der Waals surface area contributed by atoms with E-state index in [0.29, 0.717) is 70.7 Å². The fourth-order valence-electron chi connectivity index (χ4n) is 9.06. The number of carbonyl (C=O) groups excluding carboxylic acids is 4. The maximum atomic E-state index is 13.9. The number of nitrogens with one attached hydrogen (secondary N) is 1. The van der Waals surface area contributed by atoms with Gasteiger partial charge in [-0.25, -0.2) is 0 Å². The topological polar surface area (TPSA) is 126 Å². The van der Waals surface area contributed by atoms with Gasteiger partial charge in [0.2, 0.25) is 11.8 Å². The smallest absolute Gasteiger partial charge is 0.311 e. The third kappa shape index (κ3) is 10.1. The predicted octanol–water partition coefficient (Wildman–Crippen LogP) is 7.06. The van der Waals surface area contributed by atoms with Gasteiger partial charge in [-0.2, -0.15) is 5.26 Å². The molecule has 1 unspecified atom stereocenters. The zero-order valence-electron chi connectivity index (χ0n) is 33.6. The molecule has 322 valence electrons. The van der Waals surface area contributed by atoms with Gasteiger partial charge in [-0.05, 0) is 108 Å². The fraction of sp³-hybridized carbons (Fsp3) is 0.561. The molecule has 0 spiro atoms. The molecule has 2 aromatic rings. The number of amides is 3. The van der Waals surface area contributed by atoms with Gasteiger partial charge < -0.3 is 9.64 Å². The van der Waals surface area contributed by atoms with E-state index in [1.165, 1.54) is 6.07 Å². The molecule has 3 atom stereocenters. The van der Waals surface area contributed by atoms with Gasteiger partial charge >= 0.3 is 10.2 Å². The molecule has 0 aromatic heterocycles. The number of benzene rings is 2. The highest BCUT2D eigenvalue weighted by Gasteiger charge is 2.67. The van der Waals surface area contributed by atoms with Crippen LogP contribution in [0.3, 0.4) is 0 Å². The summed E-state index contributed by atoms with van der Waals surface area (Å²) in [6.07, 6.45) is 4.09. The highest BCUT2D eigenvalue weighted by atomic mass is 32.5. The minimum absolute atomic E-state index is 0.0489. The molecule has 3 heterocycles. The normalized spacial score (nSPS) is 26.9. The van der Waals surface area contributed by atoms with Crippen molar-refractivity contribution in [3.8, 4) is 6.07 Å². The Morgan fingerprint density at radius 1 is 0.966 bits per heavy atom. The zero-order chi connectivity index (χ0) is 43.1. The number of Topliss-reactive ketones (excluding diaryl/α,β-unsaturated/α-hetero) is 1. The SMILES string of the molecule is C[C@@H]1CN(CCOC2CCC(N3C(=S)N(c4ccc(C#N)c(S(F)(F)(F)(F)F)c4)C(=O)C3(C)C)CC2)C[C@H](C)N1CC(=O)Cc1cccc(CC2CCC(=O)NC2=O)c1. The van der Waals surface area contributed by atoms with Gasteiger partial charge in [-0.3, -0.25) is 39.2 Å². The van der Waals surface area contributed by atoms with Gasteiger partial charge in [0.05, 0.1) is 30.5 Å². The van der Waals surface area contributed by atoms with E-state index in [-0.39, 0.29) is 65.3 Å². The summed E-state index contributed by atoms with van der Waals surface area (Å²) in [6, 6.07) is 10.8. The summed E-state index contributed by atoms with van der Waals surface area (Å²) in [4.78, 5) is 55.4. The van der Waals surface area contributed by atoms with Crippen molar-refractivity contribution in [1.29, 1.82) is 5.26 Å². The van der Waals surface area contributed by atoms with Gasteiger partial charge in [-0.15, -0.1) is 0 Å². The number of nitrogens with zero attached hydrogens (tertiary/aromatic N) is 5. The molecule has 6 rings (SSSR count). The number of piperidine rings is 1. The summed E-state index contributed by atoms with van der Waals surface area (Å²) in [7, 11) is -10.3. The number of ketones is 1. The lowest BCUT2D eigenvalue weighted by Gasteiger charge is -2.44. The van der Waals surface area contributed by atoms with Crippen LogP contribution in [0.15, 0.2) is 47.4 Å². The summed E-state index contributed by atoms with van der Waals surface area (Å²) in [5, 5.41) is 11.5. The van der Waals surface area contributed by atoms with Crippen LogP contribution in [-0.4, -0.2) is 106 Å². The summed E-state index contributed by atoms with van der Waals surface area (Å²) in [5.74, 6) is -1.29. The lowest BCUT2D eigenvalue weighted by Crippen LogP contribution is -2.58. The third-order valence-corrected chi connectivity index (χ3v) is 13.6. The summed E-state index contributed by atoms with van der Waals surface area (Å²) in [5.41, 5.74) is -1.11. The number of carbonyl (C=O) groups is 4. The molecule has 4 fully saturated rings. The maximum Gasteiger partial charge on any atom is 0.311 e. The average Bonchev–Trinajstić information content (AvgIpc) is 3.32. The number of anilines is 1. The molecule has 0 radical (unpaired) electrons. The first-order valence-corrected chi connectivity index (χ1v) is 22.3. The van der Waals surface area contributed by atoms with E-state index in [1.807, 2.05) is 24.3 Å². The summed E-state index contributed by atoms with van der Waals surface area (Å²) < 4.78 is 75.8. The molecular weight excluding hydrogens is 816 g/mol. The van der Waals surface area contributed by atoms with E-state index in [4.69, 9.17) is 22.2 Å². The van der Waals surface area contributed by atoms with Gasteiger partial charge in [0, 0.05) is 56.5 Å². The second kappa shape index (κ2) is 16.1. The second-order valence-corrected chi connectivity index (χ2v) is 19.7. The Balaban J connectivity index is 0.958. The van der Waals surface area contributed by atoms with E-state index in [9.17, 15) is 38.6 Å². The van der Waals surface area contributed by atoms with Crippen LogP contribution in [0.5, 0.6) is 0 Å². The van der Waals surface area contributed by atoms with Crippen LogP contribution in [0.1, 0.15) is 82.9 Å². The highest BCUT2D eigenvalue weighted by Crippen LogP contribution is 3.02. The first-order chi connectivity index (χ1) is 27.4. The lowest BCUT2D eigenvalue weighted by atomic mass is 9.89. The van der Waals surface area contributed by atoms with Gasteiger partial charge in [-0.1, -0.05) is 43.7 Å². The van der Waals surface area contributed by atoms with E-state index in [1.54, 1.807) is 18.7 Å². The van der Waals surface area contributed by atoms with Crippen molar-refractivity contribution in [2.24, 2.45) is 5.92 Å². The third-order valence-electron chi connectivity index (χ3n) is 12.0. The molecule has 4 aliphatic rings. The molecule has 0 bridgehead atoms. The molecule has 1 aliphatic carbocycles. The van der Waals surface area contributed by atoms with E-state index in [0.717, 1.165) is 35.2 Å². The largest absolute Gasteiger partial charge is 0.377 e. The Kier molecular flexibility index (Phi) is 12.2. The van der Waals surface area contributed by atoms with Crippen molar-refractivity contribution in [2.45, 2.75) is 114 Å². The molecule has 1 saturated carbocycles. The van der Waals surface area contributed by atoms with Crippen LogP contribution < -0.4 is 10.2 Å². The monoisotopic (exact) mass is 866 g/mol. The molecular formula is C41H51F5N6O5S2. The molecule has 59 heavy (non-hydrogen) atoms. The van der Waals surface area contributed by atoms with Gasteiger partial charge in [0.25, 0.3) is 5.91 Å². The number of piperazine rings is 1. The number of nitriles is 1. The van der Waals surface area contributed by atoms with E-state index < -0.39 is 37.8 Å². The standard InChI is InChI=1S/C41H51F5N6O5S2/c1-26-23-49(24-27(2)50(26)25-34(53)20-29-7-5-6-28(18-29)19-30-9-15-37(54)48-38(30)55)16-17-57-35-13-11-32(12-14-35)52-40(58)51(39(56)41(52,3)4)33-10-8-31(22-47)36(21-33)59(42,43,44,45)46/h5-8,10,18,21,26-27,30,32,35H,9,11-17,19-20,23-25H2,1-4H3,(H,48,54,55)/t26-,27+,30?,32?,35?. The van der Waals surface area contributed by atoms with Crippen LogP contribution in [0.25, 0.3) is 0 Å². The van der Waals surface area contributed by atoms with E-state index >= 15 is 0 Å². The first kappa shape index (κ1) is 44.5. The molecule has 3 saturated heterocycles. The van der Waals surface area contributed by atoms with Crippen molar-refractivity contribution in [1.82, 2.24) is 20.0 Å². The summed E-state index contributed by atoms with van der Waals surface area (Å²) >= 11 is 5.62. The number of imide groups is 1. The van der Waals surface area contributed by atoms with Crippen LogP contribution in [-0.2, 0) is 36.8 Å². The maximum absolute atomic E-state index is 13.9. The van der Waals surface area contributed by atoms with Crippen molar-refractivity contribution in [3.05, 3.63) is 59.2 Å². The Labute approximate surface area is 346 Å². The number of hydrogen-bond donors (Lipinski definition) is 1. The van der Waals surface area contributed by atoms with Crippen molar-refractivity contribution in [2.75, 3.05) is 37.7 Å². The minimum atomic E-state index is -10.3. The minimum Gasteiger partial charge on any atom is -0.377 e. The van der Waals surface area contributed by atoms with Crippen LogP contribution in [0.2, 0.25) is 0 Å². The van der Waals surface area contributed by atoms with Gasteiger partial charge in [0.15, 0.2) is 10.9 Å². The van der Waals surface area contributed by atoms with Crippen LogP contribution in [0.4, 0.5) is 25.1 Å². The predicted molar refractivity (Wildman–Crippen MR) is 217 cm³/mol. The van der Waals surface area contributed by atoms with Gasteiger partial charge in [0.1, 0.15) is 16.5 Å². The Morgan fingerprint density at radius 2 is 1.63 bits per heavy atom. The molecule has 1 N–H and O–H groups in total. The molecule has 3 aliphatic heterocycles. The number of ether oxygens (including phenoxy) is 1. The summed E-state index contributed by atoms with van der Waals surface area (Å²) in [6.45, 7) is 10.5. The molecule has 2 aromatic carbocycles. The highest BCUT2D eigenvalue weighted by molar-refractivity contribution is 8.45. The van der Waals surface area contributed by atoms with Crippen molar-refractivity contribution >= 4 is 56.7 Å². The van der Waals surface area contributed by atoms with E-state index in [2.05, 4.69) is 29.0 Å². The Morgan fingerprint density at radius 3 is 2.25 bits per heavy atom. The number of thiocarbonyl (C=S) groups is 1. The molecule has 11 nitrogen and oxygen atoms in total. The number of rotatable bonds is 13. The quantitative estimate of drug-likeness (QED) is 0.127. The second-order valence-electron chi connectivity index (χ2n) is 16.9. The molecule has 3 amide bonds. The van der Waals surface area contributed by atoms with Crippen LogP contribution in [0, 0.1) is 17.2 Å². The zero-order valence-corrected chi connectivity index (χ0v) is 35.2. The Hall–Kier alpha value is -4.02. The van der Waals surface area contributed by atoms with Crippen molar-refractivity contribution < 1.29 is 43.3 Å². The van der Waals surface area contributed by atoms with Crippen LogP contribution >= 0.6 is 22.4 Å².